The van der Waals surface area contributed by atoms with Gasteiger partial charge in [-0.05, 0) is 22.1 Å². The van der Waals surface area contributed by atoms with Gasteiger partial charge in [0.05, 0.1) is 0 Å². The lowest BCUT2D eigenvalue weighted by Crippen LogP contribution is -2.15. The van der Waals surface area contributed by atoms with Gasteiger partial charge in [0.2, 0.25) is 0 Å². The van der Waals surface area contributed by atoms with Gasteiger partial charge in [0.1, 0.15) is 0 Å². The van der Waals surface area contributed by atoms with Gasteiger partial charge in [0.25, 0.3) is 0 Å². The Balaban J connectivity index is 1.87. The summed E-state index contributed by atoms with van der Waals surface area (Å²) in [5.74, 6) is 1.97. The molecule has 1 atom stereocenters. The third-order valence-corrected chi connectivity index (χ3v) is 4.75. The Morgan fingerprint density at radius 1 is 0.952 bits per heavy atom. The quantitative estimate of drug-likeness (QED) is 0.848. The van der Waals surface area contributed by atoms with Crippen LogP contribution in [0.15, 0.2) is 54.6 Å². The first-order valence-electron chi connectivity index (χ1n) is 7.44. The van der Waals surface area contributed by atoms with E-state index in [2.05, 4.69) is 75.4 Å². The molecule has 0 radical (unpaired) electrons. The largest absolute Gasteiger partial charge is 0.323 e. The zero-order valence-electron chi connectivity index (χ0n) is 13.2. The summed E-state index contributed by atoms with van der Waals surface area (Å²) in [6.45, 7) is 6.70. The summed E-state index contributed by atoms with van der Waals surface area (Å²) in [5.41, 5.74) is 10.4. The minimum Gasteiger partial charge on any atom is -0.323 e. The summed E-state index contributed by atoms with van der Waals surface area (Å²) < 4.78 is 0. The zero-order chi connectivity index (χ0) is 15.3. The van der Waals surface area contributed by atoms with E-state index >= 15 is 0 Å². The first-order chi connectivity index (χ1) is 9.97. The van der Waals surface area contributed by atoms with Crippen LogP contribution in [0.25, 0.3) is 0 Å². The van der Waals surface area contributed by atoms with Crippen LogP contribution in [0.4, 0.5) is 0 Å². The van der Waals surface area contributed by atoms with Crippen LogP contribution in [-0.4, -0.2) is 5.75 Å². The Bertz CT molecular complexity index is 540. The lowest BCUT2D eigenvalue weighted by molar-refractivity contribution is 0.589. The highest BCUT2D eigenvalue weighted by Crippen LogP contribution is 2.25. The van der Waals surface area contributed by atoms with Crippen molar-refractivity contribution >= 4 is 11.8 Å². The van der Waals surface area contributed by atoms with E-state index in [4.69, 9.17) is 5.73 Å². The third-order valence-electron chi connectivity index (χ3n) is 3.61. The minimum atomic E-state index is 0.104. The molecule has 0 amide bonds. The number of rotatable bonds is 5. The molecule has 2 rings (SSSR count). The molecule has 0 heterocycles. The van der Waals surface area contributed by atoms with Crippen molar-refractivity contribution in [3.05, 3.63) is 71.3 Å². The van der Waals surface area contributed by atoms with Gasteiger partial charge >= 0.3 is 0 Å². The SMILES string of the molecule is CC(C)(C)c1ccc(C(N)CSCc2ccccc2)cc1. The van der Waals surface area contributed by atoms with Crippen LogP contribution in [-0.2, 0) is 11.2 Å². The molecule has 0 bridgehead atoms. The zero-order valence-corrected chi connectivity index (χ0v) is 14.0. The van der Waals surface area contributed by atoms with Crippen molar-refractivity contribution in [1.29, 1.82) is 0 Å². The topological polar surface area (TPSA) is 26.0 Å². The molecular weight excluding hydrogens is 274 g/mol. The van der Waals surface area contributed by atoms with Crippen LogP contribution in [0.3, 0.4) is 0 Å². The van der Waals surface area contributed by atoms with Crippen LogP contribution >= 0.6 is 11.8 Å². The fourth-order valence-corrected chi connectivity index (χ4v) is 3.20. The second-order valence-corrected chi connectivity index (χ2v) is 7.51. The minimum absolute atomic E-state index is 0.104. The van der Waals surface area contributed by atoms with Gasteiger partial charge in [-0.25, -0.2) is 0 Å². The predicted molar refractivity (Wildman–Crippen MR) is 94.7 cm³/mol. The second kappa shape index (κ2) is 7.15. The lowest BCUT2D eigenvalue weighted by Gasteiger charge is -2.20. The van der Waals surface area contributed by atoms with Gasteiger partial charge in [-0.1, -0.05) is 75.4 Å². The first kappa shape index (κ1) is 16.1. The monoisotopic (exact) mass is 299 g/mol. The van der Waals surface area contributed by atoms with E-state index in [1.807, 2.05) is 11.8 Å². The van der Waals surface area contributed by atoms with Gasteiger partial charge in [-0.2, -0.15) is 11.8 Å². The average Bonchev–Trinajstić information content (AvgIpc) is 2.47. The summed E-state index contributed by atoms with van der Waals surface area (Å²) >= 11 is 1.89. The molecule has 2 aromatic carbocycles. The van der Waals surface area contributed by atoms with E-state index in [0.717, 1.165) is 11.5 Å². The normalized spacial score (nSPS) is 13.1. The molecule has 1 nitrogen and oxygen atoms in total. The molecule has 0 spiro atoms. The number of hydrogen-bond acceptors (Lipinski definition) is 2. The molecule has 2 N–H and O–H groups in total. The highest BCUT2D eigenvalue weighted by molar-refractivity contribution is 7.98. The third kappa shape index (κ3) is 4.90. The summed E-state index contributed by atoms with van der Waals surface area (Å²) in [6.07, 6.45) is 0. The molecule has 0 saturated carbocycles. The van der Waals surface area contributed by atoms with Crippen molar-refractivity contribution in [2.75, 3.05) is 5.75 Å². The smallest absolute Gasteiger partial charge is 0.0386 e. The van der Waals surface area contributed by atoms with E-state index in [9.17, 15) is 0 Å². The summed E-state index contributed by atoms with van der Waals surface area (Å²) in [6, 6.07) is 19.4. The fraction of sp³-hybridized carbons (Fsp3) is 0.368. The molecular formula is C19H25NS. The predicted octanol–water partition coefficient (Wildman–Crippen LogP) is 4.92. The van der Waals surface area contributed by atoms with Crippen LogP contribution in [0.1, 0.15) is 43.5 Å². The molecule has 0 aliphatic heterocycles. The molecule has 0 fully saturated rings. The Hall–Kier alpha value is -1.25. The van der Waals surface area contributed by atoms with Gasteiger partial charge < -0.3 is 5.73 Å². The van der Waals surface area contributed by atoms with E-state index in [1.54, 1.807) is 0 Å². The molecule has 2 aromatic rings. The Kier molecular flexibility index (Phi) is 5.49. The Morgan fingerprint density at radius 3 is 2.14 bits per heavy atom. The standard InChI is InChI=1S/C19H25NS/c1-19(2,3)17-11-9-16(10-12-17)18(20)14-21-13-15-7-5-4-6-8-15/h4-12,18H,13-14,20H2,1-3H3. The Labute approximate surface area is 133 Å². The van der Waals surface area contributed by atoms with Crippen molar-refractivity contribution in [3.63, 3.8) is 0 Å². The number of thioether (sulfide) groups is 1. The lowest BCUT2D eigenvalue weighted by atomic mass is 9.86. The van der Waals surface area contributed by atoms with E-state index in [-0.39, 0.29) is 11.5 Å². The number of nitrogens with two attached hydrogens (primary N) is 1. The van der Waals surface area contributed by atoms with Crippen LogP contribution < -0.4 is 5.73 Å². The highest BCUT2D eigenvalue weighted by Gasteiger charge is 2.14. The molecule has 2 heteroatoms. The summed E-state index contributed by atoms with van der Waals surface area (Å²) in [4.78, 5) is 0. The fourth-order valence-electron chi connectivity index (χ4n) is 2.20. The van der Waals surface area contributed by atoms with Gasteiger partial charge in [-0.15, -0.1) is 0 Å². The molecule has 0 aliphatic rings. The highest BCUT2D eigenvalue weighted by atomic mass is 32.2. The maximum absolute atomic E-state index is 6.30. The Morgan fingerprint density at radius 2 is 1.57 bits per heavy atom. The van der Waals surface area contributed by atoms with Crippen molar-refractivity contribution in [2.24, 2.45) is 5.73 Å². The second-order valence-electron chi connectivity index (χ2n) is 6.48. The van der Waals surface area contributed by atoms with Crippen molar-refractivity contribution in [1.82, 2.24) is 0 Å². The van der Waals surface area contributed by atoms with Crippen molar-refractivity contribution in [2.45, 2.75) is 38.0 Å². The average molecular weight is 299 g/mol. The van der Waals surface area contributed by atoms with Gasteiger partial charge in [0.15, 0.2) is 0 Å². The number of hydrogen-bond donors (Lipinski definition) is 1. The molecule has 0 saturated heterocycles. The number of benzene rings is 2. The molecule has 0 aromatic heterocycles. The molecule has 1 unspecified atom stereocenters. The van der Waals surface area contributed by atoms with Gasteiger partial charge in [-0.3, -0.25) is 0 Å². The first-order valence-corrected chi connectivity index (χ1v) is 8.60. The van der Waals surface area contributed by atoms with Crippen LogP contribution in [0.2, 0.25) is 0 Å². The van der Waals surface area contributed by atoms with E-state index < -0.39 is 0 Å². The van der Waals surface area contributed by atoms with E-state index in [1.165, 1.54) is 16.7 Å². The maximum atomic E-state index is 6.30. The maximum Gasteiger partial charge on any atom is 0.0386 e. The van der Waals surface area contributed by atoms with Crippen molar-refractivity contribution < 1.29 is 0 Å². The molecule has 21 heavy (non-hydrogen) atoms. The summed E-state index contributed by atoms with van der Waals surface area (Å²) in [5, 5.41) is 0. The van der Waals surface area contributed by atoms with Crippen molar-refractivity contribution in [3.8, 4) is 0 Å². The molecule has 0 aliphatic carbocycles. The van der Waals surface area contributed by atoms with Crippen LogP contribution in [0.5, 0.6) is 0 Å². The molecule has 112 valence electrons. The van der Waals surface area contributed by atoms with E-state index in [0.29, 0.717) is 0 Å². The van der Waals surface area contributed by atoms with Crippen LogP contribution in [0, 0.1) is 0 Å². The van der Waals surface area contributed by atoms with Gasteiger partial charge in [0, 0.05) is 17.5 Å². The summed E-state index contributed by atoms with van der Waals surface area (Å²) in [7, 11) is 0.